The van der Waals surface area contributed by atoms with Crippen LogP contribution in [0.4, 0.5) is 0 Å². The highest BCUT2D eigenvalue weighted by Crippen LogP contribution is 2.16. The Morgan fingerprint density at radius 1 is 1.11 bits per heavy atom. The maximum Gasteiger partial charge on any atom is 0.280 e. The molecular weight excluding hydrogens is 262 g/mol. The van der Waals surface area contributed by atoms with Crippen LogP contribution in [0.2, 0.25) is 0 Å². The van der Waals surface area contributed by atoms with Crippen molar-refractivity contribution in [1.29, 1.82) is 0 Å². The van der Waals surface area contributed by atoms with Crippen molar-refractivity contribution in [2.75, 3.05) is 0 Å². The van der Waals surface area contributed by atoms with E-state index in [0.717, 1.165) is 5.56 Å². The third-order valence-corrected chi connectivity index (χ3v) is 3.22. The Hall–Kier alpha value is -2.20. The number of hydrogen-bond donors (Lipinski definition) is 0. The molecule has 4 nitrogen and oxygen atoms in total. The number of fused-ring (bicyclic) bond motifs is 1. The predicted molar refractivity (Wildman–Crippen MR) is 73.3 cm³/mol. The zero-order valence-corrected chi connectivity index (χ0v) is 10.7. The molecule has 3 rings (SSSR count). The third kappa shape index (κ3) is 2.00. The molecule has 1 heterocycles. The number of benzene rings is 2. The Morgan fingerprint density at radius 2 is 1.84 bits per heavy atom. The maximum absolute atomic E-state index is 12.5. The van der Waals surface area contributed by atoms with Gasteiger partial charge in [0.25, 0.3) is 5.91 Å². The normalized spacial score (nSPS) is 10.8. The van der Waals surface area contributed by atoms with Crippen LogP contribution in [0.25, 0.3) is 11.0 Å². The molecular formula is C14H10ClN3O. The molecule has 0 bridgehead atoms. The van der Waals surface area contributed by atoms with Crippen molar-refractivity contribution >= 4 is 28.5 Å². The van der Waals surface area contributed by atoms with E-state index in [1.54, 1.807) is 6.07 Å². The molecule has 94 valence electrons. The van der Waals surface area contributed by atoms with Crippen molar-refractivity contribution in [1.82, 2.24) is 15.0 Å². The summed E-state index contributed by atoms with van der Waals surface area (Å²) in [5, 5.41) is 7.90. The van der Waals surface area contributed by atoms with Gasteiger partial charge in [-0.25, -0.2) is 0 Å². The first-order chi connectivity index (χ1) is 9.31. The van der Waals surface area contributed by atoms with Crippen LogP contribution in [0.3, 0.4) is 0 Å². The fraction of sp³-hybridized carbons (Fsp3) is 0.0714. The van der Waals surface area contributed by atoms with Gasteiger partial charge in [-0.3, -0.25) is 4.79 Å². The van der Waals surface area contributed by atoms with Crippen LogP contribution >= 0.6 is 11.6 Å². The van der Waals surface area contributed by atoms with Gasteiger partial charge in [-0.1, -0.05) is 35.5 Å². The molecule has 0 aliphatic carbocycles. The Morgan fingerprint density at radius 3 is 2.68 bits per heavy atom. The summed E-state index contributed by atoms with van der Waals surface area (Å²) in [6.07, 6.45) is 0. The van der Waals surface area contributed by atoms with E-state index in [0.29, 0.717) is 16.6 Å². The number of hydrogen-bond acceptors (Lipinski definition) is 3. The number of nitrogens with zero attached hydrogens (tertiary/aromatic N) is 3. The molecule has 0 atom stereocenters. The van der Waals surface area contributed by atoms with Gasteiger partial charge >= 0.3 is 0 Å². The Labute approximate surface area is 114 Å². The molecule has 3 aromatic rings. The molecule has 0 spiro atoms. The molecule has 0 radical (unpaired) electrons. The summed E-state index contributed by atoms with van der Waals surface area (Å²) in [6, 6.07) is 14.6. The SMILES string of the molecule is O=C(c1ccccc1CCl)n1nnc2ccccc21. The lowest BCUT2D eigenvalue weighted by Crippen LogP contribution is -2.15. The Bertz CT molecular complexity index is 751. The summed E-state index contributed by atoms with van der Waals surface area (Å²) in [4.78, 5) is 12.5. The number of carbonyl (C=O) groups is 1. The minimum atomic E-state index is -0.218. The average molecular weight is 272 g/mol. The van der Waals surface area contributed by atoms with Crippen molar-refractivity contribution in [2.45, 2.75) is 5.88 Å². The molecule has 19 heavy (non-hydrogen) atoms. The summed E-state index contributed by atoms with van der Waals surface area (Å²) in [5.74, 6) is 0.0686. The van der Waals surface area contributed by atoms with Gasteiger partial charge in [-0.2, -0.15) is 4.68 Å². The van der Waals surface area contributed by atoms with E-state index >= 15 is 0 Å². The first kappa shape index (κ1) is 11.9. The summed E-state index contributed by atoms with van der Waals surface area (Å²) in [5.41, 5.74) is 2.72. The Kier molecular flexibility index (Phi) is 3.01. The molecule has 0 amide bonds. The van der Waals surface area contributed by atoms with E-state index in [-0.39, 0.29) is 11.8 Å². The van der Waals surface area contributed by atoms with Gasteiger partial charge in [-0.15, -0.1) is 16.7 Å². The number of rotatable bonds is 2. The maximum atomic E-state index is 12.5. The standard InChI is InChI=1S/C14H10ClN3O/c15-9-10-5-1-2-6-11(10)14(19)18-13-8-4-3-7-12(13)16-17-18/h1-8H,9H2. The van der Waals surface area contributed by atoms with E-state index in [4.69, 9.17) is 11.6 Å². The fourth-order valence-corrected chi connectivity index (χ4v) is 2.21. The Balaban J connectivity index is 2.14. The van der Waals surface area contributed by atoms with Gasteiger partial charge in [-0.05, 0) is 23.8 Å². The highest BCUT2D eigenvalue weighted by molar-refractivity contribution is 6.18. The molecule has 0 aliphatic rings. The second-order valence-corrected chi connectivity index (χ2v) is 4.35. The number of alkyl halides is 1. The highest BCUT2D eigenvalue weighted by atomic mass is 35.5. The second kappa shape index (κ2) is 4.82. The average Bonchev–Trinajstić information content (AvgIpc) is 2.90. The van der Waals surface area contributed by atoms with Crippen molar-refractivity contribution in [3.63, 3.8) is 0 Å². The monoisotopic (exact) mass is 271 g/mol. The third-order valence-electron chi connectivity index (χ3n) is 2.94. The largest absolute Gasteiger partial charge is 0.280 e. The quantitative estimate of drug-likeness (QED) is 0.674. The van der Waals surface area contributed by atoms with Gasteiger partial charge in [0.2, 0.25) is 0 Å². The molecule has 0 fully saturated rings. The zero-order valence-electron chi connectivity index (χ0n) is 9.95. The molecule has 0 saturated carbocycles. The lowest BCUT2D eigenvalue weighted by atomic mass is 10.1. The summed E-state index contributed by atoms with van der Waals surface area (Å²) in [6.45, 7) is 0. The van der Waals surface area contributed by atoms with Gasteiger partial charge in [0.05, 0.1) is 5.52 Å². The topological polar surface area (TPSA) is 47.8 Å². The fourth-order valence-electron chi connectivity index (χ4n) is 1.98. The van der Waals surface area contributed by atoms with E-state index in [2.05, 4.69) is 10.3 Å². The minimum absolute atomic E-state index is 0.218. The first-order valence-corrected chi connectivity index (χ1v) is 6.33. The van der Waals surface area contributed by atoms with Crippen LogP contribution in [0, 0.1) is 0 Å². The van der Waals surface area contributed by atoms with Crippen molar-refractivity contribution in [3.05, 3.63) is 59.7 Å². The van der Waals surface area contributed by atoms with Crippen LogP contribution in [0.1, 0.15) is 15.9 Å². The minimum Gasteiger partial charge on any atom is -0.267 e. The number of aromatic nitrogens is 3. The first-order valence-electron chi connectivity index (χ1n) is 5.80. The van der Waals surface area contributed by atoms with Crippen LogP contribution < -0.4 is 0 Å². The van der Waals surface area contributed by atoms with Crippen LogP contribution in [-0.2, 0) is 5.88 Å². The summed E-state index contributed by atoms with van der Waals surface area (Å²) < 4.78 is 1.31. The van der Waals surface area contributed by atoms with E-state index < -0.39 is 0 Å². The molecule has 1 aromatic heterocycles. The number of halogens is 1. The zero-order chi connectivity index (χ0) is 13.2. The predicted octanol–water partition coefficient (Wildman–Crippen LogP) is 2.86. The smallest absolute Gasteiger partial charge is 0.267 e. The van der Waals surface area contributed by atoms with Crippen molar-refractivity contribution in [3.8, 4) is 0 Å². The van der Waals surface area contributed by atoms with Crippen LogP contribution in [0.15, 0.2) is 48.5 Å². The lowest BCUT2D eigenvalue weighted by molar-refractivity contribution is 0.0947. The van der Waals surface area contributed by atoms with E-state index in [1.165, 1.54) is 4.68 Å². The molecule has 5 heteroatoms. The number of para-hydroxylation sites is 1. The second-order valence-electron chi connectivity index (χ2n) is 4.09. The van der Waals surface area contributed by atoms with Crippen LogP contribution in [0.5, 0.6) is 0 Å². The van der Waals surface area contributed by atoms with Gasteiger partial charge in [0, 0.05) is 11.4 Å². The molecule has 0 aliphatic heterocycles. The van der Waals surface area contributed by atoms with Gasteiger partial charge in [0.1, 0.15) is 5.52 Å². The summed E-state index contributed by atoms with van der Waals surface area (Å²) >= 11 is 5.86. The van der Waals surface area contributed by atoms with E-state index in [1.807, 2.05) is 42.5 Å². The van der Waals surface area contributed by atoms with Crippen molar-refractivity contribution in [2.24, 2.45) is 0 Å². The molecule has 0 unspecified atom stereocenters. The van der Waals surface area contributed by atoms with Gasteiger partial charge < -0.3 is 0 Å². The van der Waals surface area contributed by atoms with Gasteiger partial charge in [0.15, 0.2) is 0 Å². The molecule has 0 N–H and O–H groups in total. The molecule has 0 saturated heterocycles. The van der Waals surface area contributed by atoms with Crippen molar-refractivity contribution < 1.29 is 4.79 Å². The lowest BCUT2D eigenvalue weighted by Gasteiger charge is -2.05. The van der Waals surface area contributed by atoms with E-state index in [9.17, 15) is 4.79 Å². The summed E-state index contributed by atoms with van der Waals surface area (Å²) in [7, 11) is 0. The highest BCUT2D eigenvalue weighted by Gasteiger charge is 2.16. The van der Waals surface area contributed by atoms with Crippen LogP contribution in [-0.4, -0.2) is 20.9 Å². The molecule has 2 aromatic carbocycles. The number of carbonyl (C=O) groups excluding carboxylic acids is 1.